The van der Waals surface area contributed by atoms with Gasteiger partial charge in [-0.3, -0.25) is 10.1 Å². The summed E-state index contributed by atoms with van der Waals surface area (Å²) in [7, 11) is 0. The summed E-state index contributed by atoms with van der Waals surface area (Å²) in [6.07, 6.45) is -5.51. The van der Waals surface area contributed by atoms with E-state index in [1.807, 2.05) is 0 Å². The highest BCUT2D eigenvalue weighted by Gasteiger charge is 2.37. The van der Waals surface area contributed by atoms with Crippen LogP contribution in [0.25, 0.3) is 0 Å². The average Bonchev–Trinajstić information content (AvgIpc) is 2.19. The maximum atomic E-state index is 13.1. The molecule has 0 radical (unpaired) electrons. The zero-order valence-corrected chi connectivity index (χ0v) is 8.37. The van der Waals surface area contributed by atoms with Crippen molar-refractivity contribution in [3.63, 3.8) is 0 Å². The molecule has 0 heterocycles. The molecule has 0 aromatic heterocycles. The fourth-order valence-corrected chi connectivity index (χ4v) is 1.18. The van der Waals surface area contributed by atoms with Crippen molar-refractivity contribution in [2.75, 3.05) is 0 Å². The Morgan fingerprint density at radius 1 is 1.41 bits per heavy atom. The largest absolute Gasteiger partial charge is 0.403 e. The molecule has 1 aromatic rings. The van der Waals surface area contributed by atoms with E-state index in [1.165, 1.54) is 0 Å². The second-order valence-electron chi connectivity index (χ2n) is 3.39. The first-order valence-corrected chi connectivity index (χ1v) is 4.47. The van der Waals surface area contributed by atoms with Gasteiger partial charge in [0.2, 0.25) is 0 Å². The molecule has 0 bridgehead atoms. The molecule has 1 unspecified atom stereocenters. The van der Waals surface area contributed by atoms with Crippen LogP contribution in [0, 0.1) is 15.9 Å². The molecule has 17 heavy (non-hydrogen) atoms. The minimum absolute atomic E-state index is 0.427. The molecule has 0 aliphatic heterocycles. The molecule has 4 nitrogen and oxygen atoms in total. The maximum absolute atomic E-state index is 13.1. The Kier molecular flexibility index (Phi) is 3.66. The van der Waals surface area contributed by atoms with Gasteiger partial charge in [0, 0.05) is 12.1 Å². The minimum Gasteiger partial charge on any atom is -0.320 e. The molecule has 1 aromatic carbocycles. The summed E-state index contributed by atoms with van der Waals surface area (Å²) in [6.45, 7) is 0. The number of nitrogens with zero attached hydrogens (tertiary/aromatic N) is 1. The molecule has 0 amide bonds. The summed E-state index contributed by atoms with van der Waals surface area (Å²) in [5, 5.41) is 10.4. The Labute approximate surface area is 93.2 Å². The van der Waals surface area contributed by atoms with E-state index in [9.17, 15) is 27.7 Å². The van der Waals surface area contributed by atoms with E-state index < -0.39 is 40.6 Å². The summed E-state index contributed by atoms with van der Waals surface area (Å²) in [5.74, 6) is -0.949. The van der Waals surface area contributed by atoms with Gasteiger partial charge in [-0.1, -0.05) is 0 Å². The lowest BCUT2D eigenvalue weighted by molar-refractivity contribution is -0.385. The number of benzene rings is 1. The quantitative estimate of drug-likeness (QED) is 0.509. The smallest absolute Gasteiger partial charge is 0.320 e. The molecule has 0 aliphatic rings. The van der Waals surface area contributed by atoms with Gasteiger partial charge in [-0.25, -0.2) is 4.39 Å². The Morgan fingerprint density at radius 3 is 2.47 bits per heavy atom. The van der Waals surface area contributed by atoms with Crippen LogP contribution in [-0.4, -0.2) is 17.1 Å². The first-order valence-electron chi connectivity index (χ1n) is 4.47. The van der Waals surface area contributed by atoms with Crippen LogP contribution in [0.4, 0.5) is 23.2 Å². The van der Waals surface area contributed by atoms with Gasteiger partial charge >= 0.3 is 6.18 Å². The number of non-ortho nitro benzene ring substituents is 1. The van der Waals surface area contributed by atoms with Gasteiger partial charge < -0.3 is 5.73 Å². The summed E-state index contributed by atoms with van der Waals surface area (Å²) in [6, 6.07) is 0.120. The van der Waals surface area contributed by atoms with Crippen LogP contribution < -0.4 is 5.73 Å². The van der Waals surface area contributed by atoms with E-state index in [0.29, 0.717) is 0 Å². The standard InChI is InChI=1S/C9H8F4N2O2/c10-7-2-1-6(15(16)17)3-5(7)4-8(14)9(11,12)13/h1-3,8H,4,14H2. The number of hydrogen-bond acceptors (Lipinski definition) is 3. The summed E-state index contributed by atoms with van der Waals surface area (Å²) >= 11 is 0. The topological polar surface area (TPSA) is 69.2 Å². The van der Waals surface area contributed by atoms with E-state index in [-0.39, 0.29) is 0 Å². The molecule has 1 rings (SSSR count). The van der Waals surface area contributed by atoms with Crippen LogP contribution in [0.1, 0.15) is 5.56 Å². The number of nitro benzene ring substituents is 1. The second-order valence-corrected chi connectivity index (χ2v) is 3.39. The Morgan fingerprint density at radius 2 is 2.00 bits per heavy atom. The first kappa shape index (κ1) is 13.4. The first-order chi connectivity index (χ1) is 7.71. The minimum atomic E-state index is -4.67. The Bertz CT molecular complexity index is 433. The third kappa shape index (κ3) is 3.38. The fraction of sp³-hybridized carbons (Fsp3) is 0.333. The third-order valence-corrected chi connectivity index (χ3v) is 2.10. The van der Waals surface area contributed by atoms with E-state index in [0.717, 1.165) is 18.2 Å². The van der Waals surface area contributed by atoms with Gasteiger partial charge in [0.25, 0.3) is 5.69 Å². The fourth-order valence-electron chi connectivity index (χ4n) is 1.18. The van der Waals surface area contributed by atoms with Gasteiger partial charge in [-0.05, 0) is 18.1 Å². The molecule has 1 atom stereocenters. The summed E-state index contributed by atoms with van der Waals surface area (Å²) < 4.78 is 49.6. The zero-order chi connectivity index (χ0) is 13.2. The molecule has 0 aliphatic carbocycles. The summed E-state index contributed by atoms with van der Waals surface area (Å²) in [5.41, 5.74) is 3.91. The van der Waals surface area contributed by atoms with Crippen molar-refractivity contribution in [2.45, 2.75) is 18.6 Å². The van der Waals surface area contributed by atoms with E-state index in [1.54, 1.807) is 0 Å². The van der Waals surface area contributed by atoms with E-state index >= 15 is 0 Å². The van der Waals surface area contributed by atoms with Crippen LogP contribution >= 0.6 is 0 Å². The van der Waals surface area contributed by atoms with Gasteiger partial charge in [-0.2, -0.15) is 13.2 Å². The summed E-state index contributed by atoms with van der Waals surface area (Å²) in [4.78, 5) is 9.56. The number of nitro groups is 1. The molecule has 94 valence electrons. The number of nitrogens with two attached hydrogens (primary N) is 1. The average molecular weight is 252 g/mol. The molecule has 8 heteroatoms. The zero-order valence-electron chi connectivity index (χ0n) is 8.37. The second kappa shape index (κ2) is 4.66. The molecular formula is C9H8F4N2O2. The van der Waals surface area contributed by atoms with Crippen LogP contribution in [0.2, 0.25) is 0 Å². The van der Waals surface area contributed by atoms with Gasteiger partial charge in [0.15, 0.2) is 0 Å². The molecule has 0 saturated heterocycles. The van der Waals surface area contributed by atoms with Crippen molar-refractivity contribution < 1.29 is 22.5 Å². The number of hydrogen-bond donors (Lipinski definition) is 1. The number of alkyl halides is 3. The maximum Gasteiger partial charge on any atom is 0.403 e. The highest BCUT2D eigenvalue weighted by molar-refractivity contribution is 5.35. The Hall–Kier alpha value is -1.70. The molecule has 0 fully saturated rings. The SMILES string of the molecule is NC(Cc1cc([N+](=O)[O-])ccc1F)C(F)(F)F. The van der Waals surface area contributed by atoms with Gasteiger partial charge in [0.05, 0.1) is 4.92 Å². The van der Waals surface area contributed by atoms with Crippen molar-refractivity contribution in [3.8, 4) is 0 Å². The van der Waals surface area contributed by atoms with E-state index in [4.69, 9.17) is 5.73 Å². The lowest BCUT2D eigenvalue weighted by atomic mass is 10.0. The van der Waals surface area contributed by atoms with Crippen molar-refractivity contribution in [2.24, 2.45) is 5.73 Å². The predicted octanol–water partition coefficient (Wildman–Crippen LogP) is 2.17. The normalized spacial score (nSPS) is 13.5. The lowest BCUT2D eigenvalue weighted by Crippen LogP contribution is -2.39. The molecular weight excluding hydrogens is 244 g/mol. The van der Waals surface area contributed by atoms with Crippen molar-refractivity contribution in [1.82, 2.24) is 0 Å². The number of rotatable bonds is 3. The monoisotopic (exact) mass is 252 g/mol. The molecule has 2 N–H and O–H groups in total. The van der Waals surface area contributed by atoms with Crippen LogP contribution in [0.5, 0.6) is 0 Å². The predicted molar refractivity (Wildman–Crippen MR) is 50.8 cm³/mol. The molecule has 0 saturated carbocycles. The van der Waals surface area contributed by atoms with Gasteiger partial charge in [0.1, 0.15) is 11.9 Å². The van der Waals surface area contributed by atoms with Crippen molar-refractivity contribution >= 4 is 5.69 Å². The Balaban J connectivity index is 2.98. The van der Waals surface area contributed by atoms with E-state index in [2.05, 4.69) is 0 Å². The third-order valence-electron chi connectivity index (χ3n) is 2.10. The van der Waals surface area contributed by atoms with Crippen molar-refractivity contribution in [3.05, 3.63) is 39.7 Å². The number of halogens is 4. The highest BCUT2D eigenvalue weighted by Crippen LogP contribution is 2.24. The highest BCUT2D eigenvalue weighted by atomic mass is 19.4. The van der Waals surface area contributed by atoms with Crippen LogP contribution in [0.3, 0.4) is 0 Å². The van der Waals surface area contributed by atoms with Crippen LogP contribution in [-0.2, 0) is 6.42 Å². The van der Waals surface area contributed by atoms with Gasteiger partial charge in [-0.15, -0.1) is 0 Å². The lowest BCUT2D eigenvalue weighted by Gasteiger charge is -2.15. The van der Waals surface area contributed by atoms with Crippen LogP contribution in [0.15, 0.2) is 18.2 Å². The van der Waals surface area contributed by atoms with Crippen molar-refractivity contribution in [1.29, 1.82) is 0 Å². The molecule has 0 spiro atoms.